The van der Waals surface area contributed by atoms with Gasteiger partial charge < -0.3 is 14.7 Å². The molecular formula is C19H24BrN3O5S2. The summed E-state index contributed by atoms with van der Waals surface area (Å²) < 4.78 is 33.9. The van der Waals surface area contributed by atoms with Gasteiger partial charge in [0.1, 0.15) is 15.9 Å². The number of rotatable bonds is 6. The van der Waals surface area contributed by atoms with Gasteiger partial charge in [-0.3, -0.25) is 4.79 Å². The van der Waals surface area contributed by atoms with Crippen LogP contribution < -0.4 is 4.74 Å². The number of carbonyl (C=O) groups excluding carboxylic acids is 1. The fraction of sp³-hybridized carbons (Fsp3) is 0.474. The fourth-order valence-corrected chi connectivity index (χ4v) is 5.93. The van der Waals surface area contributed by atoms with Gasteiger partial charge in [0.2, 0.25) is 5.88 Å². The predicted octanol–water partition coefficient (Wildman–Crippen LogP) is 2.45. The van der Waals surface area contributed by atoms with Gasteiger partial charge in [-0.05, 0) is 40.4 Å². The molecule has 0 spiro atoms. The number of thiophene rings is 1. The number of hydrogen-bond donors (Lipinski definition) is 1. The lowest BCUT2D eigenvalue weighted by atomic mass is 10.0. The van der Waals surface area contributed by atoms with E-state index in [1.165, 1.54) is 17.5 Å². The van der Waals surface area contributed by atoms with Crippen LogP contribution in [-0.2, 0) is 10.0 Å². The summed E-state index contributed by atoms with van der Waals surface area (Å²) in [5.41, 5.74) is 0.269. The summed E-state index contributed by atoms with van der Waals surface area (Å²) in [6, 6.07) is 4.48. The molecule has 0 saturated carbocycles. The van der Waals surface area contributed by atoms with Crippen molar-refractivity contribution in [3.63, 3.8) is 0 Å². The molecule has 2 aromatic rings. The zero-order chi connectivity index (χ0) is 22.1. The molecule has 0 saturated heterocycles. The molecule has 0 fully saturated rings. The number of fused-ring (bicyclic) bond motifs is 1. The van der Waals surface area contributed by atoms with Crippen molar-refractivity contribution >= 4 is 43.2 Å². The number of carbonyl (C=O) groups is 1. The molecule has 30 heavy (non-hydrogen) atoms. The van der Waals surface area contributed by atoms with Crippen LogP contribution >= 0.6 is 27.3 Å². The van der Waals surface area contributed by atoms with E-state index in [4.69, 9.17) is 4.74 Å². The molecule has 0 aliphatic carbocycles. The zero-order valence-corrected chi connectivity index (χ0v) is 20.1. The Morgan fingerprint density at radius 3 is 2.87 bits per heavy atom. The molecule has 0 unspecified atom stereocenters. The second-order valence-electron chi connectivity index (χ2n) is 7.35. The molecule has 8 nitrogen and oxygen atoms in total. The third kappa shape index (κ3) is 4.70. The van der Waals surface area contributed by atoms with Crippen LogP contribution in [0.15, 0.2) is 38.5 Å². The van der Waals surface area contributed by atoms with Gasteiger partial charge in [0.05, 0.1) is 19.2 Å². The molecule has 3 atom stereocenters. The maximum Gasteiger partial charge on any atom is 0.259 e. The molecule has 0 aromatic carbocycles. The second kappa shape index (κ2) is 9.31. The van der Waals surface area contributed by atoms with E-state index in [2.05, 4.69) is 20.9 Å². The van der Waals surface area contributed by atoms with Crippen molar-refractivity contribution in [3.8, 4) is 5.88 Å². The molecule has 0 bridgehead atoms. The van der Waals surface area contributed by atoms with Crippen LogP contribution in [0.1, 0.15) is 24.2 Å². The van der Waals surface area contributed by atoms with E-state index < -0.39 is 22.2 Å². The number of halogens is 1. The molecule has 1 aliphatic rings. The number of likely N-dealkylation sites (N-methyl/N-ethyl adjacent to an activating group) is 1. The highest BCUT2D eigenvalue weighted by atomic mass is 79.9. The van der Waals surface area contributed by atoms with Gasteiger partial charge in [0.15, 0.2) is 0 Å². The number of nitrogens with zero attached hydrogens (tertiary/aromatic N) is 3. The normalized spacial score (nSPS) is 21.0. The van der Waals surface area contributed by atoms with Crippen LogP contribution in [0.4, 0.5) is 0 Å². The van der Waals surface area contributed by atoms with Crippen molar-refractivity contribution < 1.29 is 23.1 Å². The largest absolute Gasteiger partial charge is 0.472 e. The van der Waals surface area contributed by atoms with E-state index in [-0.39, 0.29) is 40.6 Å². The SMILES string of the molecule is C[C@@H]1CN([C@@H](C)CO)C(=O)c2cc(Br)cnc2O[C@H]1CN(C)S(=O)(=O)c1cccs1. The number of amides is 1. The minimum atomic E-state index is -3.65. The van der Waals surface area contributed by atoms with Gasteiger partial charge in [0.25, 0.3) is 15.9 Å². The maximum absolute atomic E-state index is 13.1. The molecule has 1 amide bonds. The lowest BCUT2D eigenvalue weighted by Gasteiger charge is -2.37. The lowest BCUT2D eigenvalue weighted by molar-refractivity contribution is 0.0373. The first-order valence-corrected chi connectivity index (χ1v) is 12.5. The Bertz CT molecular complexity index is 1000. The summed E-state index contributed by atoms with van der Waals surface area (Å²) in [6.45, 7) is 3.87. The Kier molecular flexibility index (Phi) is 7.18. The lowest BCUT2D eigenvalue weighted by Crippen LogP contribution is -2.50. The van der Waals surface area contributed by atoms with Crippen LogP contribution in [0.25, 0.3) is 0 Å². The molecule has 3 rings (SSSR count). The fourth-order valence-electron chi connectivity index (χ4n) is 3.21. The Hall–Kier alpha value is -1.53. The Labute approximate surface area is 188 Å². The number of hydrogen-bond acceptors (Lipinski definition) is 7. The Morgan fingerprint density at radius 1 is 1.50 bits per heavy atom. The summed E-state index contributed by atoms with van der Waals surface area (Å²) >= 11 is 4.49. The summed E-state index contributed by atoms with van der Waals surface area (Å²) in [5, 5.41) is 11.4. The van der Waals surface area contributed by atoms with E-state index >= 15 is 0 Å². The van der Waals surface area contributed by atoms with Crippen molar-refractivity contribution in [2.24, 2.45) is 5.92 Å². The van der Waals surface area contributed by atoms with Crippen LogP contribution in [0.2, 0.25) is 0 Å². The van der Waals surface area contributed by atoms with Crippen LogP contribution in [0.3, 0.4) is 0 Å². The highest BCUT2D eigenvalue weighted by Gasteiger charge is 2.36. The number of aromatic nitrogens is 1. The van der Waals surface area contributed by atoms with Crippen molar-refractivity contribution in [2.75, 3.05) is 26.7 Å². The van der Waals surface area contributed by atoms with E-state index in [1.54, 1.807) is 35.4 Å². The predicted molar refractivity (Wildman–Crippen MR) is 117 cm³/mol. The highest BCUT2D eigenvalue weighted by Crippen LogP contribution is 2.29. The molecule has 0 radical (unpaired) electrons. The van der Waals surface area contributed by atoms with Gasteiger partial charge >= 0.3 is 0 Å². The minimum Gasteiger partial charge on any atom is -0.472 e. The van der Waals surface area contributed by atoms with Gasteiger partial charge in [0, 0.05) is 30.2 Å². The van der Waals surface area contributed by atoms with Crippen molar-refractivity contribution in [2.45, 2.75) is 30.2 Å². The van der Waals surface area contributed by atoms with Gasteiger partial charge in [-0.2, -0.15) is 4.31 Å². The number of aliphatic hydroxyl groups is 1. The molecule has 3 heterocycles. The van der Waals surface area contributed by atoms with Crippen molar-refractivity contribution in [1.29, 1.82) is 0 Å². The summed E-state index contributed by atoms with van der Waals surface area (Å²) in [4.78, 5) is 18.9. The molecule has 1 N–H and O–H groups in total. The molecule has 2 aromatic heterocycles. The van der Waals surface area contributed by atoms with E-state index in [0.29, 0.717) is 11.0 Å². The van der Waals surface area contributed by atoms with Gasteiger partial charge in [-0.25, -0.2) is 13.4 Å². The number of aliphatic hydroxyl groups excluding tert-OH is 1. The zero-order valence-electron chi connectivity index (χ0n) is 16.9. The Balaban J connectivity index is 1.95. The van der Waals surface area contributed by atoms with Crippen LogP contribution in [-0.4, -0.2) is 72.5 Å². The van der Waals surface area contributed by atoms with E-state index in [9.17, 15) is 18.3 Å². The average Bonchev–Trinajstić information content (AvgIpc) is 3.26. The summed E-state index contributed by atoms with van der Waals surface area (Å²) in [7, 11) is -2.13. The molecular weight excluding hydrogens is 494 g/mol. The van der Waals surface area contributed by atoms with E-state index in [1.807, 2.05) is 6.92 Å². The maximum atomic E-state index is 13.1. The number of pyridine rings is 1. The van der Waals surface area contributed by atoms with Gasteiger partial charge in [-0.1, -0.05) is 13.0 Å². The quantitative estimate of drug-likeness (QED) is 0.631. The van der Waals surface area contributed by atoms with Crippen LogP contribution in [0.5, 0.6) is 5.88 Å². The molecule has 164 valence electrons. The van der Waals surface area contributed by atoms with Crippen molar-refractivity contribution in [3.05, 3.63) is 39.8 Å². The summed E-state index contributed by atoms with van der Waals surface area (Å²) in [6.07, 6.45) is 0.986. The third-order valence-corrected chi connectivity index (χ3v) is 8.71. The number of ether oxygens (including phenoxy) is 1. The topological polar surface area (TPSA) is 100 Å². The number of sulfonamides is 1. The first-order valence-electron chi connectivity index (χ1n) is 9.39. The van der Waals surface area contributed by atoms with E-state index in [0.717, 1.165) is 11.3 Å². The average molecular weight is 518 g/mol. The minimum absolute atomic E-state index is 0.0914. The Morgan fingerprint density at radius 2 is 2.23 bits per heavy atom. The smallest absolute Gasteiger partial charge is 0.259 e. The molecule has 11 heteroatoms. The first-order chi connectivity index (χ1) is 14.1. The second-order valence-corrected chi connectivity index (χ2v) is 11.5. The highest BCUT2D eigenvalue weighted by molar-refractivity contribution is 9.10. The monoisotopic (exact) mass is 517 g/mol. The molecule has 1 aliphatic heterocycles. The van der Waals surface area contributed by atoms with Crippen LogP contribution in [0, 0.1) is 5.92 Å². The van der Waals surface area contributed by atoms with Gasteiger partial charge in [-0.15, -0.1) is 11.3 Å². The van der Waals surface area contributed by atoms with Crippen molar-refractivity contribution in [1.82, 2.24) is 14.2 Å². The summed E-state index contributed by atoms with van der Waals surface area (Å²) in [5.74, 6) is -0.343. The first kappa shape index (κ1) is 23.1. The third-order valence-electron chi connectivity index (χ3n) is 5.08. The standard InChI is InChI=1S/C19H24BrN3O5S2/c1-12-9-23(13(2)11-24)19(25)15-7-14(20)8-21-18(15)28-16(12)10-22(3)30(26,27)17-5-4-6-29-17/h4-8,12-13,16,24H,9-11H2,1-3H3/t12-,13+,16+/m1/s1.